The summed E-state index contributed by atoms with van der Waals surface area (Å²) in [5.41, 5.74) is 1.65. The number of nitrogens with zero attached hydrogens (tertiary/aromatic N) is 6. The molecule has 2 atom stereocenters. The monoisotopic (exact) mass is 497 g/mol. The third-order valence-corrected chi connectivity index (χ3v) is 8.37. The second-order valence-electron chi connectivity index (χ2n) is 11.0. The normalized spacial score (nSPS) is 21.6. The van der Waals surface area contributed by atoms with E-state index in [1.54, 1.807) is 19.9 Å². The molecule has 2 aliphatic carbocycles. The van der Waals surface area contributed by atoms with Gasteiger partial charge in [0, 0.05) is 0 Å². The van der Waals surface area contributed by atoms with E-state index in [-0.39, 0.29) is 22.6 Å². The third-order valence-electron chi connectivity index (χ3n) is 8.37. The quantitative estimate of drug-likeness (QED) is 0.393. The van der Waals surface area contributed by atoms with Crippen molar-refractivity contribution in [1.29, 1.82) is 5.26 Å². The smallest absolute Gasteiger partial charge is 0.199 e. The zero-order valence-corrected chi connectivity index (χ0v) is 21.0. The van der Waals surface area contributed by atoms with Crippen LogP contribution in [0.3, 0.4) is 0 Å². The predicted molar refractivity (Wildman–Crippen MR) is 132 cm³/mol. The highest BCUT2D eigenvalue weighted by Crippen LogP contribution is 2.69. The lowest BCUT2D eigenvalue weighted by atomic mass is 9.66. The molecule has 0 amide bonds. The predicted octanol–water partition coefficient (Wildman–Crippen LogP) is 5.61. The van der Waals surface area contributed by atoms with Crippen LogP contribution in [0, 0.1) is 28.4 Å². The van der Waals surface area contributed by atoms with Crippen molar-refractivity contribution in [3.05, 3.63) is 76.9 Å². The Labute approximate surface area is 213 Å². The molecule has 1 aromatic carbocycles. The van der Waals surface area contributed by atoms with E-state index >= 15 is 0 Å². The standard InChI is InChI=1S/C28H25F2N7/c1-26(2,14-31)25-33-24(36-37-25)19-9-6-10-21(32-19)28-12-11-16(27(28,3)4)15-13-20(34-35-23(15)28)22-17(29)7-5-8-18(22)30/h5-10,13,16H,11-12H2,1-4H3,(H,33,36,37)/t16-,28-/m0/s1. The van der Waals surface area contributed by atoms with Crippen molar-refractivity contribution in [2.75, 3.05) is 0 Å². The molecule has 2 aliphatic rings. The maximum Gasteiger partial charge on any atom is 0.199 e. The van der Waals surface area contributed by atoms with Gasteiger partial charge in [0.05, 0.1) is 34.1 Å². The fraction of sp³-hybridized carbons (Fsp3) is 0.357. The highest BCUT2D eigenvalue weighted by atomic mass is 19.1. The van der Waals surface area contributed by atoms with Gasteiger partial charge in [-0.1, -0.05) is 26.0 Å². The van der Waals surface area contributed by atoms with Crippen LogP contribution in [0.4, 0.5) is 8.78 Å². The number of aromatic amines is 1. The van der Waals surface area contributed by atoms with Crippen molar-refractivity contribution in [2.24, 2.45) is 5.41 Å². The molecule has 2 bridgehead atoms. The molecule has 1 N–H and O–H groups in total. The summed E-state index contributed by atoms with van der Waals surface area (Å²) >= 11 is 0. The van der Waals surface area contributed by atoms with Crippen LogP contribution in [-0.4, -0.2) is 30.4 Å². The molecule has 186 valence electrons. The van der Waals surface area contributed by atoms with Crippen molar-refractivity contribution >= 4 is 0 Å². The van der Waals surface area contributed by atoms with Crippen LogP contribution in [0.15, 0.2) is 42.5 Å². The molecule has 1 fully saturated rings. The van der Waals surface area contributed by atoms with Crippen LogP contribution in [-0.2, 0) is 10.8 Å². The Morgan fingerprint density at radius 2 is 1.76 bits per heavy atom. The molecule has 37 heavy (non-hydrogen) atoms. The van der Waals surface area contributed by atoms with Crippen molar-refractivity contribution in [1.82, 2.24) is 30.4 Å². The van der Waals surface area contributed by atoms with Gasteiger partial charge in [-0.15, -0.1) is 5.10 Å². The SMILES string of the molecule is CC(C)(C#N)c1nc(-c2cccc([C@@]34CC[C@@H](c5cc(-c6c(F)cccc6F)nnc53)C4(C)C)n2)n[nH]1. The van der Waals surface area contributed by atoms with Gasteiger partial charge in [-0.05, 0) is 73.9 Å². The number of benzene rings is 1. The van der Waals surface area contributed by atoms with Gasteiger partial charge >= 0.3 is 0 Å². The molecule has 0 saturated heterocycles. The van der Waals surface area contributed by atoms with E-state index in [9.17, 15) is 14.0 Å². The van der Waals surface area contributed by atoms with E-state index in [0.29, 0.717) is 17.3 Å². The number of hydrogen-bond acceptors (Lipinski definition) is 6. The van der Waals surface area contributed by atoms with Crippen LogP contribution in [0.1, 0.15) is 69.2 Å². The van der Waals surface area contributed by atoms with Crippen molar-refractivity contribution in [3.8, 4) is 28.8 Å². The number of hydrogen-bond donors (Lipinski definition) is 1. The minimum absolute atomic E-state index is 0.142. The summed E-state index contributed by atoms with van der Waals surface area (Å²) in [5, 5.41) is 25.5. The number of nitriles is 1. The molecule has 0 unspecified atom stereocenters. The van der Waals surface area contributed by atoms with Gasteiger partial charge in [-0.2, -0.15) is 15.5 Å². The second kappa shape index (κ2) is 7.72. The van der Waals surface area contributed by atoms with Gasteiger partial charge < -0.3 is 0 Å². The average molecular weight is 498 g/mol. The highest BCUT2D eigenvalue weighted by molar-refractivity contribution is 5.64. The number of H-pyrrole nitrogens is 1. The first-order chi connectivity index (χ1) is 17.6. The Balaban J connectivity index is 1.47. The second-order valence-corrected chi connectivity index (χ2v) is 11.0. The summed E-state index contributed by atoms with van der Waals surface area (Å²) in [7, 11) is 0. The van der Waals surface area contributed by atoms with Crippen molar-refractivity contribution < 1.29 is 8.78 Å². The highest BCUT2D eigenvalue weighted by Gasteiger charge is 2.65. The molecule has 0 aliphatic heterocycles. The zero-order chi connectivity index (χ0) is 26.2. The van der Waals surface area contributed by atoms with Gasteiger partial charge in [0.25, 0.3) is 0 Å². The maximum atomic E-state index is 14.5. The Kier molecular flexibility index (Phi) is 4.87. The Bertz CT molecular complexity index is 1580. The largest absolute Gasteiger partial charge is 0.261 e. The lowest BCUT2D eigenvalue weighted by molar-refractivity contribution is 0.243. The molecule has 3 heterocycles. The number of fused-ring (bicyclic) bond motifs is 5. The number of halogens is 2. The van der Waals surface area contributed by atoms with E-state index in [1.807, 2.05) is 18.2 Å². The van der Waals surface area contributed by atoms with Gasteiger partial charge in [-0.25, -0.2) is 18.7 Å². The minimum Gasteiger partial charge on any atom is -0.261 e. The van der Waals surface area contributed by atoms with Crippen molar-refractivity contribution in [2.45, 2.75) is 57.3 Å². The maximum absolute atomic E-state index is 14.5. The molecule has 6 rings (SSSR count). The van der Waals surface area contributed by atoms with E-state index < -0.39 is 22.5 Å². The van der Waals surface area contributed by atoms with Crippen LogP contribution < -0.4 is 0 Å². The van der Waals surface area contributed by atoms with Crippen LogP contribution in [0.5, 0.6) is 0 Å². The van der Waals surface area contributed by atoms with Crippen LogP contribution in [0.2, 0.25) is 0 Å². The molecule has 9 heteroatoms. The van der Waals surface area contributed by atoms with Gasteiger partial charge in [-0.3, -0.25) is 5.10 Å². The summed E-state index contributed by atoms with van der Waals surface area (Å²) in [6.45, 7) is 7.95. The molecule has 1 saturated carbocycles. The Hall–Kier alpha value is -4.06. The van der Waals surface area contributed by atoms with E-state index in [1.165, 1.54) is 18.2 Å². The Morgan fingerprint density at radius 1 is 1.03 bits per heavy atom. The zero-order valence-electron chi connectivity index (χ0n) is 21.0. The van der Waals surface area contributed by atoms with E-state index in [0.717, 1.165) is 29.8 Å². The fourth-order valence-corrected chi connectivity index (χ4v) is 6.26. The van der Waals surface area contributed by atoms with E-state index in [2.05, 4.69) is 45.3 Å². The summed E-state index contributed by atoms with van der Waals surface area (Å²) < 4.78 is 29.0. The van der Waals surface area contributed by atoms with Crippen LogP contribution in [0.25, 0.3) is 22.8 Å². The molecule has 0 spiro atoms. The lowest BCUT2D eigenvalue weighted by Crippen LogP contribution is -2.37. The average Bonchev–Trinajstić information content (AvgIpc) is 3.53. The third kappa shape index (κ3) is 3.11. The molecule has 7 nitrogen and oxygen atoms in total. The van der Waals surface area contributed by atoms with Crippen LogP contribution >= 0.6 is 0 Å². The van der Waals surface area contributed by atoms with Crippen molar-refractivity contribution in [3.63, 3.8) is 0 Å². The first-order valence-corrected chi connectivity index (χ1v) is 12.2. The fourth-order valence-electron chi connectivity index (χ4n) is 6.26. The first kappa shape index (κ1) is 23.3. The summed E-state index contributed by atoms with van der Waals surface area (Å²) in [6, 6.07) is 13.6. The molecule has 3 aromatic heterocycles. The molecule has 0 radical (unpaired) electrons. The summed E-state index contributed by atoms with van der Waals surface area (Å²) in [6.07, 6.45) is 1.73. The number of aromatic nitrogens is 6. The van der Waals surface area contributed by atoms with E-state index in [4.69, 9.17) is 4.98 Å². The lowest BCUT2D eigenvalue weighted by Gasteiger charge is -2.37. The number of pyridine rings is 1. The molecular formula is C28H25F2N7. The number of rotatable bonds is 4. The van der Waals surface area contributed by atoms with Gasteiger partial charge in [0.1, 0.15) is 28.6 Å². The summed E-state index contributed by atoms with van der Waals surface area (Å²) in [5.74, 6) is -0.291. The topological polar surface area (TPSA) is 104 Å². The Morgan fingerprint density at radius 3 is 2.49 bits per heavy atom. The van der Waals surface area contributed by atoms with Gasteiger partial charge in [0.15, 0.2) is 5.82 Å². The molecular weight excluding hydrogens is 472 g/mol. The van der Waals surface area contributed by atoms with Gasteiger partial charge in [0.2, 0.25) is 0 Å². The minimum atomic E-state index is -0.808. The first-order valence-electron chi connectivity index (χ1n) is 12.2. The number of nitrogens with one attached hydrogen (secondary N) is 1. The summed E-state index contributed by atoms with van der Waals surface area (Å²) in [4.78, 5) is 9.54. The molecule has 4 aromatic rings.